The lowest BCUT2D eigenvalue weighted by molar-refractivity contribution is -0.119. The van der Waals surface area contributed by atoms with Crippen LogP contribution in [0.4, 0.5) is 5.82 Å². The van der Waals surface area contributed by atoms with E-state index in [1.165, 1.54) is 0 Å². The van der Waals surface area contributed by atoms with E-state index in [0.717, 1.165) is 16.9 Å². The third-order valence-electron chi connectivity index (χ3n) is 4.76. The van der Waals surface area contributed by atoms with Gasteiger partial charge in [0.25, 0.3) is 5.91 Å². The fraction of sp³-hybridized carbons (Fsp3) is 0.190. The van der Waals surface area contributed by atoms with Gasteiger partial charge in [0.2, 0.25) is 5.91 Å². The first kappa shape index (κ1) is 18.3. The summed E-state index contributed by atoms with van der Waals surface area (Å²) in [7, 11) is 0. The standard InChI is InChI=1S/C21H19ClN4O2/c22-18-4-2-1-3-17(18)13-23-21(28)16-7-5-15(6-8-16)14-25-19-9-11-24-26(19)12-10-20(25)27/h1-9,11H,10,12-14H2,(H,23,28). The second kappa shape index (κ2) is 7.86. The zero-order valence-electron chi connectivity index (χ0n) is 15.1. The van der Waals surface area contributed by atoms with Crippen LogP contribution in [0.15, 0.2) is 60.8 Å². The normalized spacial score (nSPS) is 13.3. The van der Waals surface area contributed by atoms with Crippen molar-refractivity contribution in [3.8, 4) is 0 Å². The van der Waals surface area contributed by atoms with Gasteiger partial charge in [-0.3, -0.25) is 14.5 Å². The predicted octanol–water partition coefficient (Wildman–Crippen LogP) is 3.40. The number of nitrogens with zero attached hydrogens (tertiary/aromatic N) is 3. The highest BCUT2D eigenvalue weighted by Gasteiger charge is 2.24. The van der Waals surface area contributed by atoms with E-state index in [1.54, 1.807) is 29.3 Å². The molecular formula is C21H19ClN4O2. The molecule has 6 nitrogen and oxygen atoms in total. The number of halogens is 1. The van der Waals surface area contributed by atoms with E-state index in [2.05, 4.69) is 10.4 Å². The van der Waals surface area contributed by atoms with Gasteiger partial charge in [0, 0.05) is 29.6 Å². The average Bonchev–Trinajstić information content (AvgIpc) is 3.19. The lowest BCUT2D eigenvalue weighted by Crippen LogP contribution is -2.36. The SMILES string of the molecule is O=C(NCc1ccccc1Cl)c1ccc(CN2C(=O)CCn3nccc32)cc1. The topological polar surface area (TPSA) is 67.2 Å². The zero-order valence-corrected chi connectivity index (χ0v) is 15.9. The van der Waals surface area contributed by atoms with E-state index >= 15 is 0 Å². The molecule has 0 spiro atoms. The summed E-state index contributed by atoms with van der Waals surface area (Å²) in [6.45, 7) is 1.43. The number of carbonyl (C=O) groups excluding carboxylic acids is 2. The van der Waals surface area contributed by atoms with Crippen molar-refractivity contribution >= 4 is 29.2 Å². The summed E-state index contributed by atoms with van der Waals surface area (Å²) in [4.78, 5) is 26.4. The van der Waals surface area contributed by atoms with Crippen LogP contribution in [-0.2, 0) is 24.4 Å². The van der Waals surface area contributed by atoms with Crippen molar-refractivity contribution in [3.05, 3.63) is 82.5 Å². The highest BCUT2D eigenvalue weighted by atomic mass is 35.5. The maximum Gasteiger partial charge on any atom is 0.251 e. The van der Waals surface area contributed by atoms with Gasteiger partial charge in [-0.15, -0.1) is 0 Å². The van der Waals surface area contributed by atoms with Crippen LogP contribution in [0, 0.1) is 0 Å². The maximum atomic E-state index is 12.4. The minimum absolute atomic E-state index is 0.0783. The summed E-state index contributed by atoms with van der Waals surface area (Å²) < 4.78 is 1.83. The Morgan fingerprint density at radius 1 is 1.11 bits per heavy atom. The molecule has 0 bridgehead atoms. The fourth-order valence-electron chi connectivity index (χ4n) is 3.22. The predicted molar refractivity (Wildman–Crippen MR) is 107 cm³/mol. The Morgan fingerprint density at radius 3 is 2.68 bits per heavy atom. The number of carbonyl (C=O) groups is 2. The van der Waals surface area contributed by atoms with Gasteiger partial charge < -0.3 is 5.32 Å². The van der Waals surface area contributed by atoms with Crippen molar-refractivity contribution in [1.82, 2.24) is 15.1 Å². The highest BCUT2D eigenvalue weighted by Crippen LogP contribution is 2.23. The average molecular weight is 395 g/mol. The second-order valence-electron chi connectivity index (χ2n) is 6.61. The van der Waals surface area contributed by atoms with E-state index in [4.69, 9.17) is 11.6 Å². The number of aromatic nitrogens is 2. The summed E-state index contributed by atoms with van der Waals surface area (Å²) in [5.41, 5.74) is 2.38. The van der Waals surface area contributed by atoms with Crippen molar-refractivity contribution in [2.24, 2.45) is 0 Å². The fourth-order valence-corrected chi connectivity index (χ4v) is 3.43. The van der Waals surface area contributed by atoms with Crippen molar-refractivity contribution in [2.75, 3.05) is 4.90 Å². The minimum Gasteiger partial charge on any atom is -0.348 e. The van der Waals surface area contributed by atoms with Crippen LogP contribution in [0.1, 0.15) is 27.9 Å². The molecule has 4 rings (SSSR count). The van der Waals surface area contributed by atoms with Gasteiger partial charge in [-0.1, -0.05) is 41.9 Å². The van der Waals surface area contributed by atoms with Gasteiger partial charge in [0.1, 0.15) is 5.82 Å². The summed E-state index contributed by atoms with van der Waals surface area (Å²) >= 11 is 6.12. The van der Waals surface area contributed by atoms with Crippen molar-refractivity contribution in [3.63, 3.8) is 0 Å². The Labute approximate surface area is 167 Å². The summed E-state index contributed by atoms with van der Waals surface area (Å²) in [6.07, 6.45) is 2.14. The molecule has 0 saturated heterocycles. The largest absolute Gasteiger partial charge is 0.348 e. The number of nitrogens with one attached hydrogen (secondary N) is 1. The maximum absolute atomic E-state index is 12.4. The molecule has 0 aliphatic carbocycles. The van der Waals surface area contributed by atoms with E-state index in [-0.39, 0.29) is 11.8 Å². The summed E-state index contributed by atoms with van der Waals surface area (Å²) in [6, 6.07) is 16.5. The molecule has 142 valence electrons. The number of benzene rings is 2. The van der Waals surface area contributed by atoms with Crippen LogP contribution in [-0.4, -0.2) is 21.6 Å². The molecule has 28 heavy (non-hydrogen) atoms. The Morgan fingerprint density at radius 2 is 1.89 bits per heavy atom. The Hall–Kier alpha value is -3.12. The number of rotatable bonds is 5. The van der Waals surface area contributed by atoms with Gasteiger partial charge in [0.05, 0.1) is 19.3 Å². The van der Waals surface area contributed by atoms with Gasteiger partial charge in [-0.2, -0.15) is 5.10 Å². The molecule has 0 fully saturated rings. The first-order valence-corrected chi connectivity index (χ1v) is 9.42. The molecule has 2 aromatic carbocycles. The molecule has 0 radical (unpaired) electrons. The zero-order chi connectivity index (χ0) is 19.5. The number of aryl methyl sites for hydroxylation is 1. The molecule has 0 atom stereocenters. The Balaban J connectivity index is 1.41. The lowest BCUT2D eigenvalue weighted by atomic mass is 10.1. The highest BCUT2D eigenvalue weighted by molar-refractivity contribution is 6.31. The summed E-state index contributed by atoms with van der Waals surface area (Å²) in [5.74, 6) is 0.714. The molecule has 7 heteroatoms. The van der Waals surface area contributed by atoms with Crippen LogP contribution in [0.25, 0.3) is 0 Å². The van der Waals surface area contributed by atoms with Crippen molar-refractivity contribution in [2.45, 2.75) is 26.1 Å². The van der Waals surface area contributed by atoms with E-state index in [0.29, 0.717) is 36.6 Å². The minimum atomic E-state index is -0.168. The first-order valence-electron chi connectivity index (χ1n) is 9.04. The third-order valence-corrected chi connectivity index (χ3v) is 5.13. The van der Waals surface area contributed by atoms with E-state index in [1.807, 2.05) is 41.1 Å². The van der Waals surface area contributed by atoms with Crippen LogP contribution < -0.4 is 10.2 Å². The van der Waals surface area contributed by atoms with Crippen molar-refractivity contribution in [1.29, 1.82) is 0 Å². The van der Waals surface area contributed by atoms with Gasteiger partial charge in [0.15, 0.2) is 0 Å². The number of hydrogen-bond acceptors (Lipinski definition) is 3. The van der Waals surface area contributed by atoms with Gasteiger partial charge >= 0.3 is 0 Å². The third kappa shape index (κ3) is 3.77. The first-order chi connectivity index (χ1) is 13.6. The molecule has 1 aromatic heterocycles. The lowest BCUT2D eigenvalue weighted by Gasteiger charge is -2.27. The van der Waals surface area contributed by atoms with Gasteiger partial charge in [-0.25, -0.2) is 4.68 Å². The number of anilines is 1. The number of hydrogen-bond donors (Lipinski definition) is 1. The summed E-state index contributed by atoms with van der Waals surface area (Å²) in [5, 5.41) is 7.73. The van der Waals surface area contributed by atoms with Crippen LogP contribution in [0.3, 0.4) is 0 Å². The quantitative estimate of drug-likeness (QED) is 0.721. The van der Waals surface area contributed by atoms with E-state index in [9.17, 15) is 9.59 Å². The molecule has 1 aliphatic heterocycles. The molecular weight excluding hydrogens is 376 g/mol. The van der Waals surface area contributed by atoms with Gasteiger partial charge in [-0.05, 0) is 29.3 Å². The molecule has 1 aliphatic rings. The van der Waals surface area contributed by atoms with E-state index < -0.39 is 0 Å². The number of amides is 2. The molecule has 2 heterocycles. The smallest absolute Gasteiger partial charge is 0.251 e. The van der Waals surface area contributed by atoms with Crippen LogP contribution >= 0.6 is 11.6 Å². The Bertz CT molecular complexity index is 1010. The van der Waals surface area contributed by atoms with Crippen LogP contribution in [0.2, 0.25) is 5.02 Å². The molecule has 0 saturated carbocycles. The number of fused-ring (bicyclic) bond motifs is 1. The molecule has 2 amide bonds. The molecule has 0 unspecified atom stereocenters. The van der Waals surface area contributed by atoms with Crippen molar-refractivity contribution < 1.29 is 9.59 Å². The Kier molecular flexibility index (Phi) is 5.12. The van der Waals surface area contributed by atoms with Crippen LogP contribution in [0.5, 0.6) is 0 Å². The molecule has 1 N–H and O–H groups in total. The second-order valence-corrected chi connectivity index (χ2v) is 7.02. The molecule has 3 aromatic rings. The monoisotopic (exact) mass is 394 g/mol.